The average Bonchev–Trinajstić information content (AvgIpc) is 2.79. The molecule has 0 bridgehead atoms. The Kier molecular flexibility index (Phi) is 4.11. The molecule has 0 aromatic carbocycles. The summed E-state index contributed by atoms with van der Waals surface area (Å²) in [4.78, 5) is 11.8. The smallest absolute Gasteiger partial charge is 0.273 e. The fourth-order valence-electron chi connectivity index (χ4n) is 1.86. The van der Waals surface area contributed by atoms with Gasteiger partial charge in [-0.1, -0.05) is 5.16 Å². The van der Waals surface area contributed by atoms with Crippen LogP contribution in [0.5, 0.6) is 0 Å². The van der Waals surface area contributed by atoms with E-state index in [4.69, 9.17) is 9.26 Å². The number of rotatable bonds is 4. The number of methoxy groups -OCH3 is 1. The van der Waals surface area contributed by atoms with Crippen molar-refractivity contribution >= 4 is 5.91 Å². The number of hydrogen-bond donors (Lipinski definition) is 2. The molecule has 1 aromatic heterocycles. The van der Waals surface area contributed by atoms with Gasteiger partial charge in [0.2, 0.25) is 0 Å². The predicted molar refractivity (Wildman–Crippen MR) is 60.6 cm³/mol. The number of amides is 1. The first-order valence-corrected chi connectivity index (χ1v) is 5.75. The van der Waals surface area contributed by atoms with Crippen LogP contribution < -0.4 is 10.6 Å². The molecule has 0 unspecified atom stereocenters. The highest BCUT2D eigenvalue weighted by Gasteiger charge is 2.18. The molecule has 1 saturated heterocycles. The molecule has 6 nitrogen and oxygen atoms in total. The number of nitrogens with one attached hydrogen (secondary N) is 2. The molecule has 0 atom stereocenters. The minimum absolute atomic E-state index is 0.178. The normalized spacial score (nSPS) is 17.0. The topological polar surface area (TPSA) is 76.4 Å². The van der Waals surface area contributed by atoms with E-state index in [1.807, 2.05) is 0 Å². The zero-order valence-corrected chi connectivity index (χ0v) is 9.86. The predicted octanol–water partition coefficient (Wildman–Crippen LogP) is 0.303. The lowest BCUT2D eigenvalue weighted by molar-refractivity contribution is 0.0919. The third-order valence-corrected chi connectivity index (χ3v) is 2.75. The molecular formula is C11H17N3O3. The van der Waals surface area contributed by atoms with E-state index in [9.17, 15) is 4.79 Å². The maximum atomic E-state index is 11.8. The Hall–Kier alpha value is -1.40. The van der Waals surface area contributed by atoms with Crippen molar-refractivity contribution in [3.8, 4) is 0 Å². The second-order valence-electron chi connectivity index (χ2n) is 4.11. The number of nitrogens with zero attached hydrogens (tertiary/aromatic N) is 1. The maximum Gasteiger partial charge on any atom is 0.273 e. The van der Waals surface area contributed by atoms with E-state index in [0.29, 0.717) is 18.1 Å². The lowest BCUT2D eigenvalue weighted by Crippen LogP contribution is -2.42. The second kappa shape index (κ2) is 5.79. The lowest BCUT2D eigenvalue weighted by Gasteiger charge is -2.23. The Morgan fingerprint density at radius 2 is 2.41 bits per heavy atom. The fourth-order valence-corrected chi connectivity index (χ4v) is 1.86. The first-order chi connectivity index (χ1) is 8.29. The molecular weight excluding hydrogens is 222 g/mol. The second-order valence-corrected chi connectivity index (χ2v) is 4.11. The molecule has 2 rings (SSSR count). The number of carbonyl (C=O) groups excluding carboxylic acids is 1. The van der Waals surface area contributed by atoms with Crippen molar-refractivity contribution in [2.24, 2.45) is 0 Å². The van der Waals surface area contributed by atoms with Gasteiger partial charge in [0.05, 0.1) is 0 Å². The first kappa shape index (κ1) is 12.1. The Bertz CT molecular complexity index is 372. The van der Waals surface area contributed by atoms with Crippen molar-refractivity contribution in [2.45, 2.75) is 25.5 Å². The maximum absolute atomic E-state index is 11.8. The lowest BCUT2D eigenvalue weighted by atomic mass is 10.1. The standard InChI is InChI=1S/C11H17N3O3/c1-16-7-9-6-10(14-17-9)11(15)13-8-2-4-12-5-3-8/h6,8,12H,2-5,7H2,1H3,(H,13,15). The molecule has 0 spiro atoms. The molecule has 17 heavy (non-hydrogen) atoms. The van der Waals surface area contributed by atoms with Crippen LogP contribution in [0.2, 0.25) is 0 Å². The number of hydrogen-bond acceptors (Lipinski definition) is 5. The van der Waals surface area contributed by atoms with E-state index in [1.54, 1.807) is 13.2 Å². The van der Waals surface area contributed by atoms with Crippen molar-refractivity contribution in [2.75, 3.05) is 20.2 Å². The molecule has 1 aliphatic rings. The van der Waals surface area contributed by atoms with Crippen LogP contribution in [-0.4, -0.2) is 37.3 Å². The van der Waals surface area contributed by atoms with Gasteiger partial charge in [0, 0.05) is 19.2 Å². The van der Waals surface area contributed by atoms with Crippen LogP contribution >= 0.6 is 0 Å². The van der Waals surface area contributed by atoms with Gasteiger partial charge < -0.3 is 19.9 Å². The van der Waals surface area contributed by atoms with Crippen molar-refractivity contribution in [1.29, 1.82) is 0 Å². The summed E-state index contributed by atoms with van der Waals surface area (Å²) in [7, 11) is 1.57. The van der Waals surface area contributed by atoms with Crippen LogP contribution in [0, 0.1) is 0 Å². The molecule has 2 heterocycles. The fraction of sp³-hybridized carbons (Fsp3) is 0.636. The molecule has 1 aromatic rings. The van der Waals surface area contributed by atoms with Crippen molar-refractivity contribution in [3.05, 3.63) is 17.5 Å². The minimum atomic E-state index is -0.178. The summed E-state index contributed by atoms with van der Waals surface area (Å²) in [6.45, 7) is 2.21. The summed E-state index contributed by atoms with van der Waals surface area (Å²) in [6.07, 6.45) is 1.91. The molecule has 2 N–H and O–H groups in total. The monoisotopic (exact) mass is 239 g/mol. The summed E-state index contributed by atoms with van der Waals surface area (Å²) in [5.41, 5.74) is 0.315. The van der Waals surface area contributed by atoms with Gasteiger partial charge in [0.15, 0.2) is 11.5 Å². The summed E-state index contributed by atoms with van der Waals surface area (Å²) in [5.74, 6) is 0.381. The van der Waals surface area contributed by atoms with Gasteiger partial charge in [0.1, 0.15) is 6.61 Å². The van der Waals surface area contributed by atoms with E-state index in [1.165, 1.54) is 0 Å². The van der Waals surface area contributed by atoms with Crippen LogP contribution in [0.4, 0.5) is 0 Å². The molecule has 1 fully saturated rings. The van der Waals surface area contributed by atoms with Gasteiger partial charge in [-0.3, -0.25) is 4.79 Å². The zero-order chi connectivity index (χ0) is 12.1. The van der Waals surface area contributed by atoms with Gasteiger partial charge in [0.25, 0.3) is 5.91 Å². The molecule has 0 radical (unpaired) electrons. The van der Waals surface area contributed by atoms with E-state index < -0.39 is 0 Å². The van der Waals surface area contributed by atoms with E-state index in [0.717, 1.165) is 25.9 Å². The van der Waals surface area contributed by atoms with E-state index in [2.05, 4.69) is 15.8 Å². The Morgan fingerprint density at radius 3 is 3.12 bits per heavy atom. The summed E-state index contributed by atoms with van der Waals surface area (Å²) in [5, 5.41) is 9.91. The summed E-state index contributed by atoms with van der Waals surface area (Å²) >= 11 is 0. The largest absolute Gasteiger partial charge is 0.377 e. The van der Waals surface area contributed by atoms with Crippen LogP contribution in [0.3, 0.4) is 0 Å². The van der Waals surface area contributed by atoms with Crippen LogP contribution in [-0.2, 0) is 11.3 Å². The van der Waals surface area contributed by atoms with Gasteiger partial charge in [-0.2, -0.15) is 0 Å². The molecule has 94 valence electrons. The molecule has 0 aliphatic carbocycles. The average molecular weight is 239 g/mol. The molecule has 1 amide bonds. The number of ether oxygens (including phenoxy) is 1. The van der Waals surface area contributed by atoms with E-state index in [-0.39, 0.29) is 11.9 Å². The van der Waals surface area contributed by atoms with Gasteiger partial charge in [-0.25, -0.2) is 0 Å². The summed E-state index contributed by atoms with van der Waals surface area (Å²) in [6, 6.07) is 1.84. The Balaban J connectivity index is 1.89. The highest BCUT2D eigenvalue weighted by Crippen LogP contribution is 2.07. The van der Waals surface area contributed by atoms with Crippen molar-refractivity contribution < 1.29 is 14.1 Å². The van der Waals surface area contributed by atoms with E-state index >= 15 is 0 Å². The molecule has 1 aliphatic heterocycles. The van der Waals surface area contributed by atoms with Crippen molar-refractivity contribution in [3.63, 3.8) is 0 Å². The third-order valence-electron chi connectivity index (χ3n) is 2.75. The first-order valence-electron chi connectivity index (χ1n) is 5.75. The quantitative estimate of drug-likeness (QED) is 0.790. The Labute approximate surface area is 99.7 Å². The van der Waals surface area contributed by atoms with Crippen LogP contribution in [0.15, 0.2) is 10.6 Å². The summed E-state index contributed by atoms with van der Waals surface area (Å²) < 4.78 is 9.86. The van der Waals surface area contributed by atoms with Crippen molar-refractivity contribution in [1.82, 2.24) is 15.8 Å². The zero-order valence-electron chi connectivity index (χ0n) is 9.86. The van der Waals surface area contributed by atoms with Gasteiger partial charge >= 0.3 is 0 Å². The van der Waals surface area contributed by atoms with Crippen LogP contribution in [0.1, 0.15) is 29.1 Å². The number of piperidine rings is 1. The number of carbonyl (C=O) groups is 1. The van der Waals surface area contributed by atoms with Gasteiger partial charge in [-0.15, -0.1) is 0 Å². The highest BCUT2D eigenvalue weighted by atomic mass is 16.5. The molecule has 6 heteroatoms. The Morgan fingerprint density at radius 1 is 1.65 bits per heavy atom. The minimum Gasteiger partial charge on any atom is -0.377 e. The van der Waals surface area contributed by atoms with Crippen LogP contribution in [0.25, 0.3) is 0 Å². The number of aromatic nitrogens is 1. The highest BCUT2D eigenvalue weighted by molar-refractivity contribution is 5.92. The molecule has 0 saturated carbocycles. The van der Waals surface area contributed by atoms with Gasteiger partial charge in [-0.05, 0) is 25.9 Å². The third kappa shape index (κ3) is 3.28. The SMILES string of the molecule is COCc1cc(C(=O)NC2CCNCC2)no1.